The SMILES string of the molecule is C[C@@H]1CN(S(=O)(=O)c2cccc(F)c2)CCN1. The third kappa shape index (κ3) is 2.65. The lowest BCUT2D eigenvalue weighted by Gasteiger charge is -2.30. The van der Waals surface area contributed by atoms with Crippen molar-refractivity contribution in [1.82, 2.24) is 9.62 Å². The lowest BCUT2D eigenvalue weighted by Crippen LogP contribution is -2.51. The number of rotatable bonds is 2. The molecule has 1 saturated heterocycles. The number of benzene rings is 1. The molecule has 17 heavy (non-hydrogen) atoms. The molecule has 2 rings (SSSR count). The highest BCUT2D eigenvalue weighted by Gasteiger charge is 2.28. The minimum Gasteiger partial charge on any atom is -0.312 e. The van der Waals surface area contributed by atoms with Crippen LogP contribution in [0, 0.1) is 5.82 Å². The van der Waals surface area contributed by atoms with Crippen molar-refractivity contribution in [2.24, 2.45) is 0 Å². The second-order valence-corrected chi connectivity index (χ2v) is 6.11. The Bertz CT molecular complexity index is 504. The molecule has 1 atom stereocenters. The van der Waals surface area contributed by atoms with Gasteiger partial charge in [0.15, 0.2) is 0 Å². The summed E-state index contributed by atoms with van der Waals surface area (Å²) in [5.74, 6) is -0.533. The van der Waals surface area contributed by atoms with Crippen LogP contribution in [0.25, 0.3) is 0 Å². The Labute approximate surface area is 100 Å². The first-order chi connectivity index (χ1) is 8.00. The Morgan fingerprint density at radius 2 is 2.24 bits per heavy atom. The second kappa shape index (κ2) is 4.72. The Kier molecular flexibility index (Phi) is 3.46. The fourth-order valence-electron chi connectivity index (χ4n) is 1.89. The van der Waals surface area contributed by atoms with Gasteiger partial charge in [0.2, 0.25) is 10.0 Å². The van der Waals surface area contributed by atoms with E-state index in [1.54, 1.807) is 0 Å². The predicted octanol–water partition coefficient (Wildman–Crippen LogP) is 0.808. The Morgan fingerprint density at radius 1 is 1.47 bits per heavy atom. The van der Waals surface area contributed by atoms with Crippen LogP contribution in [0.2, 0.25) is 0 Å². The first-order valence-corrected chi connectivity index (χ1v) is 6.93. The maximum Gasteiger partial charge on any atom is 0.243 e. The van der Waals surface area contributed by atoms with E-state index in [1.807, 2.05) is 6.92 Å². The molecule has 1 aliphatic heterocycles. The zero-order valence-corrected chi connectivity index (χ0v) is 10.4. The molecule has 0 radical (unpaired) electrons. The van der Waals surface area contributed by atoms with Crippen molar-refractivity contribution in [3.8, 4) is 0 Å². The van der Waals surface area contributed by atoms with E-state index in [4.69, 9.17) is 0 Å². The summed E-state index contributed by atoms with van der Waals surface area (Å²) in [5, 5.41) is 3.17. The van der Waals surface area contributed by atoms with Gasteiger partial charge in [-0.05, 0) is 25.1 Å². The van der Waals surface area contributed by atoms with Gasteiger partial charge in [0, 0.05) is 25.7 Å². The Balaban J connectivity index is 2.29. The third-order valence-corrected chi connectivity index (χ3v) is 4.63. The highest BCUT2D eigenvalue weighted by atomic mass is 32.2. The molecule has 1 aromatic rings. The molecule has 4 nitrogen and oxygen atoms in total. The lowest BCUT2D eigenvalue weighted by atomic mass is 10.3. The molecule has 0 aliphatic carbocycles. The standard InChI is InChI=1S/C11H15FN2O2S/c1-9-8-14(6-5-13-9)17(15,16)11-4-2-3-10(12)7-11/h2-4,7,9,13H,5-6,8H2,1H3/t9-/m1/s1. The summed E-state index contributed by atoms with van der Waals surface area (Å²) >= 11 is 0. The summed E-state index contributed by atoms with van der Waals surface area (Å²) < 4.78 is 38.9. The van der Waals surface area contributed by atoms with Crippen molar-refractivity contribution < 1.29 is 12.8 Å². The molecule has 0 amide bonds. The van der Waals surface area contributed by atoms with E-state index in [2.05, 4.69) is 5.32 Å². The van der Waals surface area contributed by atoms with Crippen LogP contribution in [0.4, 0.5) is 4.39 Å². The van der Waals surface area contributed by atoms with E-state index in [9.17, 15) is 12.8 Å². The van der Waals surface area contributed by atoms with Gasteiger partial charge in [-0.2, -0.15) is 4.31 Å². The minimum absolute atomic E-state index is 0.0200. The lowest BCUT2D eigenvalue weighted by molar-refractivity contribution is 0.310. The van der Waals surface area contributed by atoms with Gasteiger partial charge in [-0.25, -0.2) is 12.8 Å². The predicted molar refractivity (Wildman–Crippen MR) is 62.6 cm³/mol. The van der Waals surface area contributed by atoms with Gasteiger partial charge in [-0.1, -0.05) is 6.07 Å². The van der Waals surface area contributed by atoms with Gasteiger partial charge in [0.1, 0.15) is 5.82 Å². The normalized spacial score (nSPS) is 22.6. The number of piperazine rings is 1. The molecule has 0 bridgehead atoms. The molecule has 0 saturated carbocycles. The number of sulfonamides is 1. The number of hydrogen-bond acceptors (Lipinski definition) is 3. The van der Waals surface area contributed by atoms with Gasteiger partial charge in [-0.15, -0.1) is 0 Å². The number of halogens is 1. The average Bonchev–Trinajstić information content (AvgIpc) is 2.29. The monoisotopic (exact) mass is 258 g/mol. The number of hydrogen-bond donors (Lipinski definition) is 1. The van der Waals surface area contributed by atoms with E-state index in [0.717, 1.165) is 6.07 Å². The van der Waals surface area contributed by atoms with E-state index in [-0.39, 0.29) is 10.9 Å². The fourth-order valence-corrected chi connectivity index (χ4v) is 3.45. The molecule has 0 aromatic heterocycles. The molecule has 1 aromatic carbocycles. The van der Waals surface area contributed by atoms with Gasteiger partial charge in [0.05, 0.1) is 4.90 Å². The maximum atomic E-state index is 13.0. The van der Waals surface area contributed by atoms with Gasteiger partial charge in [0.25, 0.3) is 0 Å². The highest BCUT2D eigenvalue weighted by molar-refractivity contribution is 7.89. The summed E-state index contributed by atoms with van der Waals surface area (Å²) in [5.41, 5.74) is 0. The zero-order chi connectivity index (χ0) is 12.5. The molecule has 0 spiro atoms. The van der Waals surface area contributed by atoms with Crippen LogP contribution < -0.4 is 5.32 Å². The maximum absolute atomic E-state index is 13.0. The van der Waals surface area contributed by atoms with Crippen molar-refractivity contribution in [3.05, 3.63) is 30.1 Å². The fraction of sp³-hybridized carbons (Fsp3) is 0.455. The number of nitrogens with one attached hydrogen (secondary N) is 1. The smallest absolute Gasteiger partial charge is 0.243 e. The van der Waals surface area contributed by atoms with Crippen LogP contribution in [-0.4, -0.2) is 38.4 Å². The highest BCUT2D eigenvalue weighted by Crippen LogP contribution is 2.17. The molecule has 1 N–H and O–H groups in total. The average molecular weight is 258 g/mol. The van der Waals surface area contributed by atoms with Gasteiger partial charge >= 0.3 is 0 Å². The summed E-state index contributed by atoms with van der Waals surface area (Å²) in [6.07, 6.45) is 0. The number of nitrogens with zero attached hydrogens (tertiary/aromatic N) is 1. The van der Waals surface area contributed by atoms with E-state index < -0.39 is 15.8 Å². The molecule has 1 heterocycles. The van der Waals surface area contributed by atoms with Crippen LogP contribution in [-0.2, 0) is 10.0 Å². The minimum atomic E-state index is -3.56. The third-order valence-electron chi connectivity index (χ3n) is 2.77. The van der Waals surface area contributed by atoms with E-state index in [0.29, 0.717) is 19.6 Å². The van der Waals surface area contributed by atoms with Crippen molar-refractivity contribution in [2.75, 3.05) is 19.6 Å². The largest absolute Gasteiger partial charge is 0.312 e. The van der Waals surface area contributed by atoms with E-state index in [1.165, 1.54) is 22.5 Å². The van der Waals surface area contributed by atoms with Gasteiger partial charge < -0.3 is 5.32 Å². The van der Waals surface area contributed by atoms with Crippen molar-refractivity contribution in [3.63, 3.8) is 0 Å². The van der Waals surface area contributed by atoms with Crippen LogP contribution in [0.1, 0.15) is 6.92 Å². The van der Waals surface area contributed by atoms with Crippen molar-refractivity contribution >= 4 is 10.0 Å². The molecular weight excluding hydrogens is 243 g/mol. The van der Waals surface area contributed by atoms with Gasteiger partial charge in [-0.3, -0.25) is 0 Å². The van der Waals surface area contributed by atoms with Crippen LogP contribution in [0.3, 0.4) is 0 Å². The molecule has 1 aliphatic rings. The Morgan fingerprint density at radius 3 is 2.88 bits per heavy atom. The van der Waals surface area contributed by atoms with Crippen molar-refractivity contribution in [2.45, 2.75) is 17.9 Å². The zero-order valence-electron chi connectivity index (χ0n) is 9.56. The van der Waals surface area contributed by atoms with Crippen LogP contribution in [0.15, 0.2) is 29.2 Å². The van der Waals surface area contributed by atoms with Crippen LogP contribution in [0.5, 0.6) is 0 Å². The molecule has 0 unspecified atom stereocenters. The molecule has 1 fully saturated rings. The Hall–Kier alpha value is -0.980. The first kappa shape index (κ1) is 12.5. The summed E-state index contributed by atoms with van der Waals surface area (Å²) in [6.45, 7) is 3.38. The first-order valence-electron chi connectivity index (χ1n) is 5.49. The topological polar surface area (TPSA) is 49.4 Å². The summed E-state index contributed by atoms with van der Waals surface area (Å²) in [4.78, 5) is 0.0200. The summed E-state index contributed by atoms with van der Waals surface area (Å²) in [6, 6.07) is 5.24. The second-order valence-electron chi connectivity index (χ2n) is 4.18. The van der Waals surface area contributed by atoms with E-state index >= 15 is 0 Å². The van der Waals surface area contributed by atoms with Crippen LogP contribution >= 0.6 is 0 Å². The molecule has 94 valence electrons. The molecule has 6 heteroatoms. The summed E-state index contributed by atoms with van der Waals surface area (Å²) in [7, 11) is -3.56. The quantitative estimate of drug-likeness (QED) is 0.854. The molecular formula is C11H15FN2O2S. The van der Waals surface area contributed by atoms with Crippen molar-refractivity contribution in [1.29, 1.82) is 0 Å².